The molecule has 0 unspecified atom stereocenters. The number of halogens is 1. The minimum Gasteiger partial charge on any atom is -0.480 e. The van der Waals surface area contributed by atoms with Gasteiger partial charge < -0.3 is 10.4 Å². The zero-order chi connectivity index (χ0) is 15.5. The molecule has 0 saturated heterocycles. The van der Waals surface area contributed by atoms with Crippen molar-refractivity contribution in [2.45, 2.75) is 44.6 Å². The van der Waals surface area contributed by atoms with Crippen molar-refractivity contribution in [3.8, 4) is 0 Å². The van der Waals surface area contributed by atoms with Gasteiger partial charge in [0.2, 0.25) is 5.95 Å². The lowest BCUT2D eigenvalue weighted by atomic mass is 9.75. The number of pyridine rings is 1. The fraction of sp³-hybridized carbons (Fsp3) is 0.533. The second-order valence-electron chi connectivity index (χ2n) is 5.53. The normalized spacial score (nSPS) is 25.3. The lowest BCUT2D eigenvalue weighted by molar-refractivity contribution is -0.146. The van der Waals surface area contributed by atoms with E-state index in [1.165, 1.54) is 18.3 Å². The van der Waals surface area contributed by atoms with Crippen LogP contribution in [0.5, 0.6) is 0 Å². The Morgan fingerprint density at radius 2 is 2.14 bits per heavy atom. The average molecular weight is 294 g/mol. The number of carboxylic acid groups (broad SMARTS) is 1. The van der Waals surface area contributed by atoms with Crippen LogP contribution in [-0.2, 0) is 4.79 Å². The molecule has 1 heterocycles. The summed E-state index contributed by atoms with van der Waals surface area (Å²) in [5, 5.41) is 12.0. The zero-order valence-electron chi connectivity index (χ0n) is 11.9. The van der Waals surface area contributed by atoms with E-state index in [0.29, 0.717) is 18.8 Å². The van der Waals surface area contributed by atoms with Crippen LogP contribution in [0.3, 0.4) is 0 Å². The Kier molecular flexibility index (Phi) is 4.55. The molecule has 1 saturated carbocycles. The van der Waals surface area contributed by atoms with Gasteiger partial charge in [-0.15, -0.1) is 0 Å². The second-order valence-corrected chi connectivity index (χ2v) is 5.53. The molecular weight excluding hydrogens is 275 g/mol. The number of carboxylic acids is 1. The monoisotopic (exact) mass is 294 g/mol. The highest BCUT2D eigenvalue weighted by Crippen LogP contribution is 2.34. The third-order valence-corrected chi connectivity index (χ3v) is 4.30. The molecule has 1 fully saturated rings. The van der Waals surface area contributed by atoms with Crippen LogP contribution in [0.25, 0.3) is 0 Å². The maximum absolute atomic E-state index is 13.5. The highest BCUT2D eigenvalue weighted by Gasteiger charge is 2.43. The van der Waals surface area contributed by atoms with Crippen LogP contribution < -0.4 is 5.32 Å². The topological polar surface area (TPSA) is 79.3 Å². The van der Waals surface area contributed by atoms with Gasteiger partial charge in [-0.25, -0.2) is 9.78 Å². The Morgan fingerprint density at radius 1 is 1.48 bits per heavy atom. The van der Waals surface area contributed by atoms with Gasteiger partial charge in [0.05, 0.1) is 5.56 Å². The number of nitrogens with one attached hydrogen (secondary N) is 1. The molecule has 0 radical (unpaired) electrons. The molecule has 21 heavy (non-hydrogen) atoms. The first-order valence-electron chi connectivity index (χ1n) is 7.15. The molecule has 2 N–H and O–H groups in total. The van der Waals surface area contributed by atoms with Gasteiger partial charge >= 0.3 is 5.97 Å². The van der Waals surface area contributed by atoms with Gasteiger partial charge in [0, 0.05) is 6.20 Å². The predicted octanol–water partition coefficient (Wildman–Crippen LogP) is 2.37. The Labute approximate surface area is 122 Å². The summed E-state index contributed by atoms with van der Waals surface area (Å²) >= 11 is 0. The van der Waals surface area contributed by atoms with Crippen LogP contribution in [0, 0.1) is 11.9 Å². The Balaban J connectivity index is 2.16. The fourth-order valence-corrected chi connectivity index (χ4v) is 2.81. The van der Waals surface area contributed by atoms with Crippen molar-refractivity contribution in [3.05, 3.63) is 29.8 Å². The van der Waals surface area contributed by atoms with Gasteiger partial charge in [-0.2, -0.15) is 4.39 Å². The van der Waals surface area contributed by atoms with Crippen molar-refractivity contribution in [1.29, 1.82) is 0 Å². The predicted molar refractivity (Wildman–Crippen MR) is 74.3 cm³/mol. The average Bonchev–Trinajstić information content (AvgIpc) is 2.48. The summed E-state index contributed by atoms with van der Waals surface area (Å²) in [6.07, 6.45) is 4.48. The van der Waals surface area contributed by atoms with Gasteiger partial charge in [0.25, 0.3) is 5.91 Å². The first kappa shape index (κ1) is 15.4. The van der Waals surface area contributed by atoms with Crippen LogP contribution in [0.15, 0.2) is 18.3 Å². The molecule has 0 spiro atoms. The highest BCUT2D eigenvalue weighted by atomic mass is 19.1. The van der Waals surface area contributed by atoms with E-state index in [0.717, 1.165) is 19.3 Å². The molecule has 114 valence electrons. The molecule has 1 aromatic heterocycles. The second kappa shape index (κ2) is 6.20. The molecule has 0 bridgehead atoms. The van der Waals surface area contributed by atoms with E-state index in [1.807, 2.05) is 0 Å². The number of rotatable bonds is 4. The van der Waals surface area contributed by atoms with E-state index in [2.05, 4.69) is 17.2 Å². The van der Waals surface area contributed by atoms with Gasteiger partial charge in [-0.3, -0.25) is 4.79 Å². The molecule has 0 aliphatic heterocycles. The van der Waals surface area contributed by atoms with Gasteiger partial charge in [-0.05, 0) is 43.7 Å². The Morgan fingerprint density at radius 3 is 2.67 bits per heavy atom. The molecule has 2 rings (SSSR count). The van der Waals surface area contributed by atoms with E-state index in [-0.39, 0.29) is 5.56 Å². The summed E-state index contributed by atoms with van der Waals surface area (Å²) in [4.78, 5) is 27.2. The molecule has 1 aliphatic carbocycles. The minimum absolute atomic E-state index is 0.226. The lowest BCUT2D eigenvalue weighted by Gasteiger charge is -2.37. The standard InChI is InChI=1S/C15H19FN2O3/c1-2-10-5-7-15(8-6-10,14(20)21)18-13(19)11-4-3-9-17-12(11)16/h3-4,9-10H,2,5-8H2,1H3,(H,18,19)(H,20,21). The molecule has 6 heteroatoms. The Hall–Kier alpha value is -1.98. The fourth-order valence-electron chi connectivity index (χ4n) is 2.81. The molecule has 1 aromatic rings. The number of aliphatic carboxylic acids is 1. The number of carbonyl (C=O) groups excluding carboxylic acids is 1. The SMILES string of the molecule is CCC1CCC(NC(=O)c2cccnc2F)(C(=O)O)CC1. The third kappa shape index (κ3) is 3.20. The number of carbonyl (C=O) groups is 2. The molecule has 0 atom stereocenters. The molecule has 1 amide bonds. The lowest BCUT2D eigenvalue weighted by Crippen LogP contribution is -2.56. The number of hydrogen-bond donors (Lipinski definition) is 2. The third-order valence-electron chi connectivity index (χ3n) is 4.30. The van der Waals surface area contributed by atoms with Crippen molar-refractivity contribution in [2.24, 2.45) is 5.92 Å². The van der Waals surface area contributed by atoms with Crippen molar-refractivity contribution >= 4 is 11.9 Å². The number of amides is 1. The first-order valence-corrected chi connectivity index (χ1v) is 7.15. The molecule has 0 aromatic carbocycles. The first-order chi connectivity index (χ1) is 9.98. The minimum atomic E-state index is -1.30. The van der Waals surface area contributed by atoms with Crippen molar-refractivity contribution < 1.29 is 19.1 Å². The maximum Gasteiger partial charge on any atom is 0.329 e. The van der Waals surface area contributed by atoms with Crippen molar-refractivity contribution in [1.82, 2.24) is 10.3 Å². The summed E-state index contributed by atoms with van der Waals surface area (Å²) in [5.74, 6) is -2.19. The van der Waals surface area contributed by atoms with Crippen LogP contribution in [-0.4, -0.2) is 27.5 Å². The van der Waals surface area contributed by atoms with Gasteiger partial charge in [-0.1, -0.05) is 13.3 Å². The van der Waals surface area contributed by atoms with Gasteiger partial charge in [0.1, 0.15) is 5.54 Å². The Bertz CT molecular complexity index is 539. The van der Waals surface area contributed by atoms with E-state index in [9.17, 15) is 19.1 Å². The molecule has 1 aliphatic rings. The number of hydrogen-bond acceptors (Lipinski definition) is 3. The molecular formula is C15H19FN2O3. The summed E-state index contributed by atoms with van der Waals surface area (Å²) in [7, 11) is 0. The molecule has 5 nitrogen and oxygen atoms in total. The summed E-state index contributed by atoms with van der Waals surface area (Å²) < 4.78 is 13.5. The summed E-state index contributed by atoms with van der Waals surface area (Å²) in [6, 6.07) is 2.74. The quantitative estimate of drug-likeness (QED) is 0.836. The highest BCUT2D eigenvalue weighted by molar-refractivity contribution is 5.97. The number of nitrogens with zero attached hydrogens (tertiary/aromatic N) is 1. The van der Waals surface area contributed by atoms with Crippen LogP contribution >= 0.6 is 0 Å². The zero-order valence-corrected chi connectivity index (χ0v) is 11.9. The maximum atomic E-state index is 13.5. The van der Waals surface area contributed by atoms with Crippen LogP contribution in [0.2, 0.25) is 0 Å². The van der Waals surface area contributed by atoms with Crippen LogP contribution in [0.1, 0.15) is 49.4 Å². The number of aromatic nitrogens is 1. The largest absolute Gasteiger partial charge is 0.480 e. The van der Waals surface area contributed by atoms with Crippen LogP contribution in [0.4, 0.5) is 4.39 Å². The van der Waals surface area contributed by atoms with E-state index in [4.69, 9.17) is 0 Å². The summed E-state index contributed by atoms with van der Waals surface area (Å²) in [5.41, 5.74) is -1.53. The van der Waals surface area contributed by atoms with E-state index in [1.54, 1.807) is 0 Å². The van der Waals surface area contributed by atoms with Crippen molar-refractivity contribution in [2.75, 3.05) is 0 Å². The smallest absolute Gasteiger partial charge is 0.329 e. The van der Waals surface area contributed by atoms with Crippen molar-refractivity contribution in [3.63, 3.8) is 0 Å². The van der Waals surface area contributed by atoms with E-state index >= 15 is 0 Å². The summed E-state index contributed by atoms with van der Waals surface area (Å²) in [6.45, 7) is 2.07. The van der Waals surface area contributed by atoms with Gasteiger partial charge in [0.15, 0.2) is 0 Å². The van der Waals surface area contributed by atoms with E-state index < -0.39 is 23.4 Å².